The molecule has 0 spiro atoms. The van der Waals surface area contributed by atoms with Crippen LogP contribution in [-0.4, -0.2) is 42.2 Å². The third-order valence-electron chi connectivity index (χ3n) is 3.11. The van der Waals surface area contributed by atoms with Crippen LogP contribution in [0.25, 0.3) is 0 Å². The van der Waals surface area contributed by atoms with Gasteiger partial charge in [-0.15, -0.1) is 0 Å². The van der Waals surface area contributed by atoms with Crippen LogP contribution in [0.2, 0.25) is 0 Å². The van der Waals surface area contributed by atoms with Crippen molar-refractivity contribution in [1.82, 2.24) is 10.3 Å². The molecule has 4 N–H and O–H groups in total. The van der Waals surface area contributed by atoms with Gasteiger partial charge < -0.3 is 21.0 Å². The lowest BCUT2D eigenvalue weighted by molar-refractivity contribution is 0.0916. The van der Waals surface area contributed by atoms with Gasteiger partial charge in [-0.2, -0.15) is 0 Å². The first-order valence-corrected chi connectivity index (χ1v) is 6.61. The van der Waals surface area contributed by atoms with Crippen LogP contribution in [-0.2, 0) is 4.74 Å². The number of hydrogen-bond acceptors (Lipinski definition) is 5. The third-order valence-corrected chi connectivity index (χ3v) is 3.11. The Hall–Kier alpha value is -2.15. The second-order valence-corrected chi connectivity index (χ2v) is 5.51. The van der Waals surface area contributed by atoms with Crippen molar-refractivity contribution >= 4 is 11.7 Å². The van der Waals surface area contributed by atoms with Crippen molar-refractivity contribution in [2.24, 2.45) is 16.3 Å². The van der Waals surface area contributed by atoms with Crippen LogP contribution in [0.1, 0.15) is 36.3 Å². The van der Waals surface area contributed by atoms with Gasteiger partial charge in [0.25, 0.3) is 5.91 Å². The van der Waals surface area contributed by atoms with Gasteiger partial charge in [0.05, 0.1) is 0 Å². The fraction of sp³-hybridized carbons (Fsp3) is 0.500. The number of aromatic nitrogens is 1. The summed E-state index contributed by atoms with van der Waals surface area (Å²) in [4.78, 5) is 16.0. The first kappa shape index (κ1) is 16.9. The SMILES string of the molecule is COCCC(C)(C)CNC(=O)c1ccc(/C(N)=N/O)cn1. The van der Waals surface area contributed by atoms with Gasteiger partial charge in [0.1, 0.15) is 5.69 Å². The number of carbonyl (C=O) groups excluding carboxylic acids is 1. The second kappa shape index (κ2) is 7.58. The molecule has 0 fully saturated rings. The Morgan fingerprint density at radius 1 is 1.52 bits per heavy atom. The summed E-state index contributed by atoms with van der Waals surface area (Å²) in [5.41, 5.74) is 6.11. The molecule has 0 aromatic carbocycles. The quantitative estimate of drug-likeness (QED) is 0.300. The second-order valence-electron chi connectivity index (χ2n) is 5.51. The zero-order valence-corrected chi connectivity index (χ0v) is 12.6. The van der Waals surface area contributed by atoms with Crippen LogP contribution in [0.15, 0.2) is 23.5 Å². The number of amidine groups is 1. The van der Waals surface area contributed by atoms with Crippen molar-refractivity contribution in [3.63, 3.8) is 0 Å². The number of amides is 1. The fourth-order valence-corrected chi connectivity index (χ4v) is 1.61. The number of pyridine rings is 1. The lowest BCUT2D eigenvalue weighted by Crippen LogP contribution is -2.35. The van der Waals surface area contributed by atoms with E-state index in [9.17, 15) is 4.79 Å². The monoisotopic (exact) mass is 294 g/mol. The van der Waals surface area contributed by atoms with E-state index in [0.29, 0.717) is 18.7 Å². The predicted octanol–water partition coefficient (Wildman–Crippen LogP) is 0.969. The lowest BCUT2D eigenvalue weighted by atomic mass is 9.89. The predicted molar refractivity (Wildman–Crippen MR) is 79.4 cm³/mol. The highest BCUT2D eigenvalue weighted by molar-refractivity contribution is 5.98. The Labute approximate surface area is 124 Å². The maximum Gasteiger partial charge on any atom is 0.269 e. The average Bonchev–Trinajstić information content (AvgIpc) is 2.50. The van der Waals surface area contributed by atoms with Crippen LogP contribution in [0.4, 0.5) is 0 Å². The Morgan fingerprint density at radius 3 is 2.76 bits per heavy atom. The summed E-state index contributed by atoms with van der Waals surface area (Å²) >= 11 is 0. The number of nitrogens with two attached hydrogens (primary N) is 1. The molecular formula is C14H22N4O3. The van der Waals surface area contributed by atoms with Crippen molar-refractivity contribution in [3.05, 3.63) is 29.6 Å². The Bertz CT molecular complexity index is 497. The minimum Gasteiger partial charge on any atom is -0.409 e. The molecule has 0 unspecified atom stereocenters. The summed E-state index contributed by atoms with van der Waals surface area (Å²) in [5.74, 6) is -0.304. The summed E-state index contributed by atoms with van der Waals surface area (Å²) in [7, 11) is 1.65. The van der Waals surface area contributed by atoms with Gasteiger partial charge >= 0.3 is 0 Å². The molecule has 1 rings (SSSR count). The van der Waals surface area contributed by atoms with Crippen LogP contribution in [0, 0.1) is 5.41 Å². The van der Waals surface area contributed by atoms with E-state index in [0.717, 1.165) is 6.42 Å². The number of rotatable bonds is 7. The topological polar surface area (TPSA) is 110 Å². The van der Waals surface area contributed by atoms with Crippen LogP contribution >= 0.6 is 0 Å². The van der Waals surface area contributed by atoms with Crippen molar-refractivity contribution in [1.29, 1.82) is 0 Å². The number of ether oxygens (including phenoxy) is 1. The minimum atomic E-state index is -0.258. The molecular weight excluding hydrogens is 272 g/mol. The van der Waals surface area contributed by atoms with Gasteiger partial charge in [-0.25, -0.2) is 0 Å². The lowest BCUT2D eigenvalue weighted by Gasteiger charge is -2.24. The highest BCUT2D eigenvalue weighted by Crippen LogP contribution is 2.18. The molecule has 0 saturated heterocycles. The highest BCUT2D eigenvalue weighted by Gasteiger charge is 2.19. The summed E-state index contributed by atoms with van der Waals surface area (Å²) in [6.45, 7) is 5.29. The Morgan fingerprint density at radius 2 is 2.24 bits per heavy atom. The van der Waals surface area contributed by atoms with E-state index in [1.54, 1.807) is 13.2 Å². The molecule has 1 aromatic rings. The average molecular weight is 294 g/mol. The van der Waals surface area contributed by atoms with Gasteiger partial charge in [-0.1, -0.05) is 19.0 Å². The van der Waals surface area contributed by atoms with Gasteiger partial charge in [0.15, 0.2) is 5.84 Å². The third kappa shape index (κ3) is 5.39. The van der Waals surface area contributed by atoms with Gasteiger partial charge in [0.2, 0.25) is 0 Å². The molecule has 0 bridgehead atoms. The molecule has 0 radical (unpaired) electrons. The van der Waals surface area contributed by atoms with Crippen molar-refractivity contribution in [2.45, 2.75) is 20.3 Å². The highest BCUT2D eigenvalue weighted by atomic mass is 16.5. The number of carbonyl (C=O) groups is 1. The van der Waals surface area contributed by atoms with Crippen LogP contribution in [0.5, 0.6) is 0 Å². The molecule has 1 aromatic heterocycles. The first-order chi connectivity index (χ1) is 9.89. The molecule has 0 atom stereocenters. The molecule has 0 aliphatic rings. The molecule has 0 aliphatic carbocycles. The zero-order chi connectivity index (χ0) is 15.9. The zero-order valence-electron chi connectivity index (χ0n) is 12.6. The smallest absolute Gasteiger partial charge is 0.269 e. The molecule has 7 heteroatoms. The standard InChI is InChI=1S/C14H22N4O3/c1-14(2,6-7-21-3)9-17-13(19)11-5-4-10(8-16-11)12(15)18-20/h4-5,8,20H,6-7,9H2,1-3H3,(H2,15,18)(H,17,19). The van der Waals surface area contributed by atoms with Crippen LogP contribution in [0.3, 0.4) is 0 Å². The molecule has 1 amide bonds. The van der Waals surface area contributed by atoms with E-state index in [1.807, 2.05) is 0 Å². The van der Waals surface area contributed by atoms with E-state index in [2.05, 4.69) is 29.3 Å². The molecule has 0 aliphatic heterocycles. The molecule has 116 valence electrons. The van der Waals surface area contributed by atoms with Gasteiger partial charge in [-0.3, -0.25) is 9.78 Å². The summed E-state index contributed by atoms with van der Waals surface area (Å²) in [6, 6.07) is 3.11. The van der Waals surface area contributed by atoms with Crippen molar-refractivity contribution < 1.29 is 14.7 Å². The Kier molecular flexibility index (Phi) is 6.10. The number of methoxy groups -OCH3 is 1. The van der Waals surface area contributed by atoms with Gasteiger partial charge in [0, 0.05) is 32.0 Å². The normalized spacial score (nSPS) is 12.2. The van der Waals surface area contributed by atoms with Crippen molar-refractivity contribution in [2.75, 3.05) is 20.3 Å². The molecule has 7 nitrogen and oxygen atoms in total. The summed E-state index contributed by atoms with van der Waals surface area (Å²) < 4.78 is 5.05. The van der Waals surface area contributed by atoms with E-state index in [1.165, 1.54) is 12.3 Å². The maximum atomic E-state index is 12.0. The molecule has 0 saturated carbocycles. The summed E-state index contributed by atoms with van der Waals surface area (Å²) in [6.07, 6.45) is 2.24. The number of nitrogens with one attached hydrogen (secondary N) is 1. The van der Waals surface area contributed by atoms with Crippen molar-refractivity contribution in [3.8, 4) is 0 Å². The van der Waals surface area contributed by atoms with Gasteiger partial charge in [-0.05, 0) is 24.0 Å². The maximum absolute atomic E-state index is 12.0. The Balaban J connectivity index is 2.60. The molecule has 1 heterocycles. The van der Waals surface area contributed by atoms with E-state index in [4.69, 9.17) is 15.7 Å². The minimum absolute atomic E-state index is 0.0462. The van der Waals surface area contributed by atoms with E-state index in [-0.39, 0.29) is 22.9 Å². The number of nitrogens with zero attached hydrogens (tertiary/aromatic N) is 2. The van der Waals surface area contributed by atoms with Crippen LogP contribution < -0.4 is 11.1 Å². The molecule has 21 heavy (non-hydrogen) atoms. The fourth-order valence-electron chi connectivity index (χ4n) is 1.61. The summed E-state index contributed by atoms with van der Waals surface area (Å²) in [5, 5.41) is 14.3. The number of oxime groups is 1. The van der Waals surface area contributed by atoms with E-state index >= 15 is 0 Å². The van der Waals surface area contributed by atoms with E-state index < -0.39 is 0 Å². The number of hydrogen-bond donors (Lipinski definition) is 3. The largest absolute Gasteiger partial charge is 0.409 e. The first-order valence-electron chi connectivity index (χ1n) is 6.61.